The topological polar surface area (TPSA) is 26.0 Å². The molecule has 0 saturated carbocycles. The summed E-state index contributed by atoms with van der Waals surface area (Å²) in [5.41, 5.74) is 8.72. The summed E-state index contributed by atoms with van der Waals surface area (Å²) < 4.78 is 0. The van der Waals surface area contributed by atoms with Crippen LogP contribution in [0.1, 0.15) is 0 Å². The third-order valence-corrected chi connectivity index (χ3v) is 7.45. The predicted octanol–water partition coefficient (Wildman–Crippen LogP) is 7.06. The second kappa shape index (κ2) is 14.9. The average Bonchev–Trinajstić information content (AvgIpc) is 2.93. The molecule has 0 amide bonds. The van der Waals surface area contributed by atoms with Crippen LogP contribution in [0.4, 0.5) is 5.69 Å². The number of benzene rings is 5. The van der Waals surface area contributed by atoms with E-state index in [2.05, 4.69) is 113 Å². The first-order valence-corrected chi connectivity index (χ1v) is 16.7. The molecule has 5 aromatic carbocycles. The van der Waals surface area contributed by atoms with E-state index in [0.29, 0.717) is 0 Å². The molecule has 0 aliphatic rings. The second-order valence-electron chi connectivity index (χ2n) is 7.21. The van der Waals surface area contributed by atoms with Gasteiger partial charge in [-0.05, 0) is 35.6 Å². The molecule has 0 radical (unpaired) electrons. The molecule has 2 N–H and O–H groups in total. The molecule has 0 spiro atoms. The largest absolute Gasteiger partial charge is 0.0622 e. The van der Waals surface area contributed by atoms with Gasteiger partial charge in [0.25, 0.3) is 0 Å². The van der Waals surface area contributed by atoms with Crippen LogP contribution >= 0.6 is 27.4 Å². The zero-order valence-electron chi connectivity index (χ0n) is 18.5. The van der Waals surface area contributed by atoms with Gasteiger partial charge >= 0.3 is 35.1 Å². The Morgan fingerprint density at radius 1 is 0.529 bits per heavy atom. The standard InChI is InChI=1S/C18H15P.C12H10N.HI.Pd/c1-4-10-16(11-5-1)19(17-12-6-2-7-13-17)18-14-8-3-9-15-18;13-12-9-5-4-8-11(12)10-6-2-1-3-7-10;;/h1-15H;1-6,8-9H,13H2;1H;/q;-1;;+2/p-1. The minimum Gasteiger partial charge on any atom is -0.0622 e. The molecular weight excluding hydrogens is 639 g/mol. The first-order chi connectivity index (χ1) is 16.8. The second-order valence-corrected chi connectivity index (χ2v) is 9.43. The van der Waals surface area contributed by atoms with E-state index in [-0.39, 0.29) is 0 Å². The van der Waals surface area contributed by atoms with Crippen LogP contribution in [0.25, 0.3) is 11.1 Å². The first-order valence-electron chi connectivity index (χ1n) is 10.7. The zero-order chi connectivity index (χ0) is 24.0. The quantitative estimate of drug-likeness (QED) is 0.0720. The monoisotopic (exact) mass is 663 g/mol. The number of hydrogen-bond acceptors (Lipinski definition) is 1. The fourth-order valence-electron chi connectivity index (χ4n) is 3.48. The molecule has 5 aromatic rings. The summed E-state index contributed by atoms with van der Waals surface area (Å²) in [6, 6.07) is 51.1. The molecule has 0 aliphatic heterocycles. The van der Waals surface area contributed by atoms with E-state index >= 15 is 0 Å². The van der Waals surface area contributed by atoms with Crippen molar-refractivity contribution in [3.63, 3.8) is 0 Å². The third kappa shape index (κ3) is 7.62. The summed E-state index contributed by atoms with van der Waals surface area (Å²) in [6.45, 7) is 0. The maximum atomic E-state index is 5.83. The molecule has 0 fully saturated rings. The van der Waals surface area contributed by atoms with Gasteiger partial charge in [-0.3, -0.25) is 0 Å². The fraction of sp³-hybridized carbons (Fsp3) is 0. The van der Waals surface area contributed by atoms with Crippen molar-refractivity contribution >= 4 is 49.0 Å². The van der Waals surface area contributed by atoms with Crippen LogP contribution in [0.15, 0.2) is 140 Å². The van der Waals surface area contributed by atoms with E-state index in [4.69, 9.17) is 5.73 Å². The number of nitrogens with two attached hydrogens (primary N) is 1. The Labute approximate surface area is 225 Å². The van der Waals surface area contributed by atoms with Gasteiger partial charge in [0.05, 0.1) is 0 Å². The Bertz CT molecular complexity index is 1130. The average molecular weight is 664 g/mol. The van der Waals surface area contributed by atoms with Gasteiger partial charge in [0.1, 0.15) is 0 Å². The first kappa shape index (κ1) is 26.3. The van der Waals surface area contributed by atoms with Gasteiger partial charge < -0.3 is 5.73 Å². The number of rotatable bonds is 4. The Balaban J connectivity index is 0.000000189. The zero-order valence-corrected chi connectivity index (χ0v) is 23.1. The van der Waals surface area contributed by atoms with E-state index in [1.807, 2.05) is 68.0 Å². The number of hydrogen-bond donors (Lipinski definition) is 1. The van der Waals surface area contributed by atoms with Crippen LogP contribution in [0.2, 0.25) is 0 Å². The molecule has 172 valence electrons. The normalized spacial score (nSPS) is 9.88. The Morgan fingerprint density at radius 3 is 1.35 bits per heavy atom. The predicted molar refractivity (Wildman–Crippen MR) is 154 cm³/mol. The third-order valence-electron chi connectivity index (χ3n) is 5.00. The molecule has 1 nitrogen and oxygen atoms in total. The molecule has 34 heavy (non-hydrogen) atoms. The molecule has 0 heterocycles. The molecule has 5 rings (SSSR count). The molecular formula is C30H25INPPd. The summed E-state index contributed by atoms with van der Waals surface area (Å²) in [5.74, 6) is 0. The van der Waals surface area contributed by atoms with Crippen molar-refractivity contribution < 1.29 is 15.6 Å². The maximum absolute atomic E-state index is 5.83. The van der Waals surface area contributed by atoms with Crippen LogP contribution < -0.4 is 21.6 Å². The maximum Gasteiger partial charge on any atom is -0.0134 e. The van der Waals surface area contributed by atoms with Gasteiger partial charge in [0, 0.05) is 0 Å². The summed E-state index contributed by atoms with van der Waals surface area (Å²) in [6.07, 6.45) is 0. The van der Waals surface area contributed by atoms with Crippen LogP contribution in [0.5, 0.6) is 0 Å². The Kier molecular flexibility index (Phi) is 11.5. The fourth-order valence-corrected chi connectivity index (χ4v) is 5.79. The number of anilines is 1. The van der Waals surface area contributed by atoms with Crippen LogP contribution in [-0.4, -0.2) is 0 Å². The molecule has 0 unspecified atom stereocenters. The van der Waals surface area contributed by atoms with Gasteiger partial charge in [-0.2, -0.15) is 0 Å². The molecule has 4 heteroatoms. The molecule has 0 aromatic heterocycles. The van der Waals surface area contributed by atoms with Gasteiger partial charge in [-0.1, -0.05) is 115 Å². The van der Waals surface area contributed by atoms with Gasteiger partial charge in [0.2, 0.25) is 0 Å². The molecule has 0 saturated heterocycles. The van der Waals surface area contributed by atoms with E-state index in [9.17, 15) is 0 Å². The number of nitrogen functional groups attached to an aromatic ring is 1. The Morgan fingerprint density at radius 2 is 0.941 bits per heavy atom. The van der Waals surface area contributed by atoms with E-state index in [1.54, 1.807) is 0 Å². The minimum absolute atomic E-state index is 0.446. The minimum atomic E-state index is -0.446. The Hall–Kier alpha value is -2.28. The van der Waals surface area contributed by atoms with E-state index in [1.165, 1.54) is 15.9 Å². The SMILES string of the molecule is Nc1ccccc1-c1[c-]cccc1.[Pd+][I].c1ccc(P(c2ccccc2)c2ccccc2)cc1. The van der Waals surface area contributed by atoms with E-state index < -0.39 is 7.92 Å². The van der Waals surface area contributed by atoms with Crippen molar-refractivity contribution in [2.75, 3.05) is 5.73 Å². The smallest absolute Gasteiger partial charge is 0.0134 e. The van der Waals surface area contributed by atoms with Crippen LogP contribution in [-0.2, 0) is 15.6 Å². The van der Waals surface area contributed by atoms with Crippen molar-refractivity contribution in [2.45, 2.75) is 0 Å². The van der Waals surface area contributed by atoms with Gasteiger partial charge in [0.15, 0.2) is 0 Å². The molecule has 0 aliphatic carbocycles. The number of para-hydroxylation sites is 1. The van der Waals surface area contributed by atoms with Crippen LogP contribution in [0.3, 0.4) is 0 Å². The molecule has 0 bridgehead atoms. The van der Waals surface area contributed by atoms with Crippen molar-refractivity contribution in [2.24, 2.45) is 0 Å². The number of halogens is 1. The van der Waals surface area contributed by atoms with Crippen molar-refractivity contribution in [3.8, 4) is 11.1 Å². The molecule has 0 atom stereocenters. The van der Waals surface area contributed by atoms with E-state index in [0.717, 1.165) is 16.8 Å². The summed E-state index contributed by atoms with van der Waals surface area (Å²) >= 11 is 4.72. The van der Waals surface area contributed by atoms with Crippen molar-refractivity contribution in [1.82, 2.24) is 0 Å². The van der Waals surface area contributed by atoms with Crippen molar-refractivity contribution in [1.29, 1.82) is 0 Å². The van der Waals surface area contributed by atoms with Crippen molar-refractivity contribution in [3.05, 3.63) is 146 Å². The summed E-state index contributed by atoms with van der Waals surface area (Å²) in [5, 5.41) is 4.19. The van der Waals surface area contributed by atoms with Crippen LogP contribution in [0, 0.1) is 6.07 Å². The summed E-state index contributed by atoms with van der Waals surface area (Å²) in [4.78, 5) is 0. The summed E-state index contributed by atoms with van der Waals surface area (Å²) in [7, 11) is -0.446. The van der Waals surface area contributed by atoms with Gasteiger partial charge in [-0.15, -0.1) is 35.9 Å². The van der Waals surface area contributed by atoms with Gasteiger partial charge in [-0.25, -0.2) is 0 Å².